The number of nitrogens with one attached hydrogen (secondary N) is 1. The summed E-state index contributed by atoms with van der Waals surface area (Å²) in [5.74, 6) is 0.135. The third-order valence-corrected chi connectivity index (χ3v) is 3.72. The van der Waals surface area contributed by atoms with E-state index >= 15 is 0 Å². The van der Waals surface area contributed by atoms with Crippen molar-refractivity contribution in [2.75, 3.05) is 5.32 Å². The second-order valence-electron chi connectivity index (χ2n) is 5.33. The number of hydrogen-bond donors (Lipinski definition) is 1. The van der Waals surface area contributed by atoms with Crippen LogP contribution in [0.15, 0.2) is 40.9 Å². The van der Waals surface area contributed by atoms with Crippen LogP contribution in [0.25, 0.3) is 0 Å². The predicted molar refractivity (Wildman–Crippen MR) is 88.8 cm³/mol. The number of benzene rings is 1. The summed E-state index contributed by atoms with van der Waals surface area (Å²) in [6.07, 6.45) is 3.11. The van der Waals surface area contributed by atoms with Gasteiger partial charge in [-0.25, -0.2) is 0 Å². The molecule has 24 heavy (non-hydrogen) atoms. The van der Waals surface area contributed by atoms with Crippen molar-refractivity contribution in [1.82, 2.24) is 20.0 Å². The van der Waals surface area contributed by atoms with E-state index in [4.69, 9.17) is 4.42 Å². The van der Waals surface area contributed by atoms with Crippen LogP contribution in [-0.2, 0) is 19.4 Å². The standard InChI is InChI=1S/C17H19N5O2/c1-3-12-5-7-13(8-6-12)11-15-20-21-17(24-15)19-16(23)14-9-10-18-22(14)4-2/h5-10H,3-4,11H2,1-2H3,(H,19,21,23). The number of nitrogens with zero attached hydrogens (tertiary/aromatic N) is 4. The van der Waals surface area contributed by atoms with E-state index < -0.39 is 0 Å². The lowest BCUT2D eigenvalue weighted by atomic mass is 10.1. The average molecular weight is 325 g/mol. The quantitative estimate of drug-likeness (QED) is 0.753. The van der Waals surface area contributed by atoms with Crippen LogP contribution >= 0.6 is 0 Å². The Kier molecular flexibility index (Phi) is 4.69. The number of anilines is 1. The molecule has 1 aromatic carbocycles. The Morgan fingerprint density at radius 1 is 1.12 bits per heavy atom. The van der Waals surface area contributed by atoms with E-state index in [0.717, 1.165) is 12.0 Å². The highest BCUT2D eigenvalue weighted by Crippen LogP contribution is 2.13. The molecule has 0 aliphatic heterocycles. The second-order valence-corrected chi connectivity index (χ2v) is 5.33. The minimum absolute atomic E-state index is 0.0871. The molecule has 7 heteroatoms. The van der Waals surface area contributed by atoms with E-state index in [1.165, 1.54) is 5.56 Å². The van der Waals surface area contributed by atoms with Crippen molar-refractivity contribution in [3.05, 3.63) is 59.2 Å². The second kappa shape index (κ2) is 7.08. The maximum absolute atomic E-state index is 12.2. The van der Waals surface area contributed by atoms with Gasteiger partial charge in [-0.1, -0.05) is 36.3 Å². The zero-order valence-electron chi connectivity index (χ0n) is 13.7. The first-order valence-corrected chi connectivity index (χ1v) is 7.93. The van der Waals surface area contributed by atoms with Crippen molar-refractivity contribution in [1.29, 1.82) is 0 Å². The molecule has 0 unspecified atom stereocenters. The van der Waals surface area contributed by atoms with Crippen LogP contribution in [0.5, 0.6) is 0 Å². The van der Waals surface area contributed by atoms with Crippen LogP contribution in [0, 0.1) is 0 Å². The van der Waals surface area contributed by atoms with Gasteiger partial charge in [0.25, 0.3) is 5.91 Å². The minimum atomic E-state index is -0.322. The number of hydrogen-bond acceptors (Lipinski definition) is 5. The summed E-state index contributed by atoms with van der Waals surface area (Å²) in [6, 6.07) is 9.98. The third kappa shape index (κ3) is 3.51. The Bertz CT molecular complexity index is 820. The van der Waals surface area contributed by atoms with E-state index in [0.29, 0.717) is 24.6 Å². The summed E-state index contributed by atoms with van der Waals surface area (Å²) < 4.78 is 7.10. The summed E-state index contributed by atoms with van der Waals surface area (Å²) in [7, 11) is 0. The number of carbonyl (C=O) groups excluding carboxylic acids is 1. The van der Waals surface area contributed by atoms with Crippen molar-refractivity contribution in [3.8, 4) is 0 Å². The van der Waals surface area contributed by atoms with Crippen molar-refractivity contribution in [2.45, 2.75) is 33.2 Å². The van der Waals surface area contributed by atoms with Gasteiger partial charge in [-0.15, -0.1) is 5.10 Å². The van der Waals surface area contributed by atoms with E-state index in [1.807, 2.05) is 19.1 Å². The average Bonchev–Trinajstić information content (AvgIpc) is 3.24. The van der Waals surface area contributed by atoms with Crippen LogP contribution in [0.1, 0.15) is 41.4 Å². The van der Waals surface area contributed by atoms with Gasteiger partial charge in [-0.2, -0.15) is 5.10 Å². The van der Waals surface area contributed by atoms with E-state index in [-0.39, 0.29) is 11.9 Å². The molecule has 3 rings (SSSR count). The molecule has 1 amide bonds. The number of aryl methyl sites for hydroxylation is 2. The largest absolute Gasteiger partial charge is 0.407 e. The molecular weight excluding hydrogens is 306 g/mol. The van der Waals surface area contributed by atoms with Gasteiger partial charge < -0.3 is 4.42 Å². The fraction of sp³-hybridized carbons (Fsp3) is 0.294. The third-order valence-electron chi connectivity index (χ3n) is 3.72. The summed E-state index contributed by atoms with van der Waals surface area (Å²) in [5.41, 5.74) is 2.81. The summed E-state index contributed by atoms with van der Waals surface area (Å²) in [6.45, 7) is 4.64. The van der Waals surface area contributed by atoms with Gasteiger partial charge in [0, 0.05) is 12.7 Å². The van der Waals surface area contributed by atoms with Gasteiger partial charge in [0.15, 0.2) is 0 Å². The van der Waals surface area contributed by atoms with Crippen molar-refractivity contribution in [2.24, 2.45) is 0 Å². The Hall–Kier alpha value is -2.96. The molecule has 3 aromatic rings. The fourth-order valence-corrected chi connectivity index (χ4v) is 2.38. The number of carbonyl (C=O) groups is 1. The lowest BCUT2D eigenvalue weighted by Crippen LogP contribution is -2.17. The van der Waals surface area contributed by atoms with E-state index in [1.54, 1.807) is 16.9 Å². The molecule has 0 aliphatic carbocycles. The van der Waals surface area contributed by atoms with Gasteiger partial charge in [0.05, 0.1) is 6.42 Å². The highest BCUT2D eigenvalue weighted by molar-refractivity contribution is 6.01. The molecule has 0 aliphatic rings. The monoisotopic (exact) mass is 325 g/mol. The van der Waals surface area contributed by atoms with Crippen molar-refractivity contribution < 1.29 is 9.21 Å². The maximum Gasteiger partial charge on any atom is 0.322 e. The van der Waals surface area contributed by atoms with Crippen LogP contribution in [0.3, 0.4) is 0 Å². The van der Waals surface area contributed by atoms with Gasteiger partial charge >= 0.3 is 6.01 Å². The number of amides is 1. The lowest BCUT2D eigenvalue weighted by molar-refractivity contribution is 0.101. The smallest absolute Gasteiger partial charge is 0.322 e. The topological polar surface area (TPSA) is 85.8 Å². The number of rotatable bonds is 6. The van der Waals surface area contributed by atoms with Gasteiger partial charge in [-0.05, 0) is 30.5 Å². The van der Waals surface area contributed by atoms with Gasteiger partial charge in [-0.3, -0.25) is 14.8 Å². The molecule has 2 aromatic heterocycles. The minimum Gasteiger partial charge on any atom is -0.407 e. The van der Waals surface area contributed by atoms with Crippen LogP contribution < -0.4 is 5.32 Å². The SMILES string of the molecule is CCc1ccc(Cc2nnc(NC(=O)c3ccnn3CC)o2)cc1. The summed E-state index contributed by atoms with van der Waals surface area (Å²) in [5, 5.41) is 14.5. The first-order valence-electron chi connectivity index (χ1n) is 7.93. The highest BCUT2D eigenvalue weighted by atomic mass is 16.4. The molecule has 0 bridgehead atoms. The predicted octanol–water partition coefficient (Wildman–Crippen LogP) is 2.69. The van der Waals surface area contributed by atoms with Crippen LogP contribution in [0.4, 0.5) is 6.01 Å². The molecule has 7 nitrogen and oxygen atoms in total. The Morgan fingerprint density at radius 2 is 1.88 bits per heavy atom. The first kappa shape index (κ1) is 15.9. The molecule has 1 N–H and O–H groups in total. The van der Waals surface area contributed by atoms with Crippen LogP contribution in [0.2, 0.25) is 0 Å². The first-order chi connectivity index (χ1) is 11.7. The molecule has 0 atom stereocenters. The van der Waals surface area contributed by atoms with Gasteiger partial charge in [0.2, 0.25) is 5.89 Å². The Labute approximate surface area is 139 Å². The van der Waals surface area contributed by atoms with Gasteiger partial charge in [0.1, 0.15) is 5.69 Å². The molecule has 0 saturated carbocycles. The lowest BCUT2D eigenvalue weighted by Gasteiger charge is -2.03. The van der Waals surface area contributed by atoms with Crippen molar-refractivity contribution in [3.63, 3.8) is 0 Å². The van der Waals surface area contributed by atoms with Crippen LogP contribution in [-0.4, -0.2) is 25.9 Å². The fourth-order valence-electron chi connectivity index (χ4n) is 2.38. The molecule has 0 spiro atoms. The molecule has 0 saturated heterocycles. The summed E-state index contributed by atoms with van der Waals surface area (Å²) >= 11 is 0. The number of aromatic nitrogens is 4. The Balaban J connectivity index is 1.65. The molecule has 0 radical (unpaired) electrons. The maximum atomic E-state index is 12.2. The van der Waals surface area contributed by atoms with E-state index in [9.17, 15) is 4.79 Å². The molecular formula is C17H19N5O2. The van der Waals surface area contributed by atoms with E-state index in [2.05, 4.69) is 39.7 Å². The normalized spacial score (nSPS) is 10.8. The zero-order valence-corrected chi connectivity index (χ0v) is 13.7. The molecule has 2 heterocycles. The Morgan fingerprint density at radius 3 is 2.58 bits per heavy atom. The molecule has 124 valence electrons. The summed E-state index contributed by atoms with van der Waals surface area (Å²) in [4.78, 5) is 12.2. The van der Waals surface area contributed by atoms with Crippen molar-refractivity contribution >= 4 is 11.9 Å². The molecule has 0 fully saturated rings. The highest BCUT2D eigenvalue weighted by Gasteiger charge is 2.15. The zero-order chi connectivity index (χ0) is 16.9.